The predicted octanol–water partition coefficient (Wildman–Crippen LogP) is 2.56. The van der Waals surface area contributed by atoms with Gasteiger partial charge in [-0.3, -0.25) is 9.59 Å². The summed E-state index contributed by atoms with van der Waals surface area (Å²) < 4.78 is 13.3. The average molecular weight is 353 g/mol. The fourth-order valence-electron chi connectivity index (χ4n) is 1.96. The van der Waals surface area contributed by atoms with E-state index in [1.165, 1.54) is 23.1 Å². The summed E-state index contributed by atoms with van der Waals surface area (Å²) in [7, 11) is 0. The molecular formula is C12H12BrClFNO3. The Morgan fingerprint density at radius 1 is 1.42 bits per heavy atom. The van der Waals surface area contributed by atoms with E-state index in [4.69, 9.17) is 5.11 Å². The van der Waals surface area contributed by atoms with Gasteiger partial charge >= 0.3 is 5.97 Å². The number of carbonyl (C=O) groups is 2. The van der Waals surface area contributed by atoms with Crippen LogP contribution in [0.3, 0.4) is 0 Å². The van der Waals surface area contributed by atoms with Crippen molar-refractivity contribution in [2.24, 2.45) is 5.92 Å². The summed E-state index contributed by atoms with van der Waals surface area (Å²) in [5.41, 5.74) is 0.356. The Hall–Kier alpha value is -1.14. The van der Waals surface area contributed by atoms with E-state index in [2.05, 4.69) is 15.9 Å². The molecule has 0 aromatic heterocycles. The molecule has 1 aliphatic rings. The van der Waals surface area contributed by atoms with Crippen molar-refractivity contribution >= 4 is 40.2 Å². The molecule has 4 nitrogen and oxygen atoms in total. The van der Waals surface area contributed by atoms with Crippen LogP contribution in [0, 0.1) is 11.7 Å². The number of halogens is 3. The summed E-state index contributed by atoms with van der Waals surface area (Å²) in [4.78, 5) is 24.4. The van der Waals surface area contributed by atoms with Crippen LogP contribution in [0.25, 0.3) is 0 Å². The summed E-state index contributed by atoms with van der Waals surface area (Å²) in [5, 5.41) is 8.87. The fraction of sp³-hybridized carbons (Fsp3) is 0.333. The maximum absolute atomic E-state index is 13.1. The van der Waals surface area contributed by atoms with E-state index in [-0.39, 0.29) is 29.3 Å². The zero-order chi connectivity index (χ0) is 13.3. The van der Waals surface area contributed by atoms with Crippen molar-refractivity contribution < 1.29 is 19.1 Å². The highest BCUT2D eigenvalue weighted by Gasteiger charge is 2.31. The smallest absolute Gasteiger partial charge is 0.308 e. The Labute approximate surface area is 124 Å². The summed E-state index contributed by atoms with van der Waals surface area (Å²) in [6, 6.07) is 4.02. The molecular weight excluding hydrogens is 340 g/mol. The van der Waals surface area contributed by atoms with Crippen molar-refractivity contribution in [3.8, 4) is 0 Å². The van der Waals surface area contributed by atoms with Crippen LogP contribution in [0.4, 0.5) is 4.39 Å². The molecule has 1 aromatic rings. The van der Waals surface area contributed by atoms with Crippen molar-refractivity contribution in [1.29, 1.82) is 0 Å². The number of carbonyl (C=O) groups excluding carboxylic acids is 1. The van der Waals surface area contributed by atoms with Crippen LogP contribution in [-0.2, 0) is 4.79 Å². The normalized spacial score (nSPS) is 18.0. The highest BCUT2D eigenvalue weighted by atomic mass is 79.9. The van der Waals surface area contributed by atoms with Crippen LogP contribution in [0.2, 0.25) is 0 Å². The first kappa shape index (κ1) is 15.9. The van der Waals surface area contributed by atoms with Gasteiger partial charge in [0.15, 0.2) is 0 Å². The van der Waals surface area contributed by atoms with Crippen LogP contribution in [-0.4, -0.2) is 35.0 Å². The first-order valence-corrected chi connectivity index (χ1v) is 6.25. The Morgan fingerprint density at radius 3 is 2.63 bits per heavy atom. The van der Waals surface area contributed by atoms with E-state index < -0.39 is 17.7 Å². The van der Waals surface area contributed by atoms with Gasteiger partial charge in [0.05, 0.1) is 10.4 Å². The molecule has 7 heteroatoms. The lowest BCUT2D eigenvalue weighted by atomic mass is 10.1. The molecule has 2 rings (SSSR count). The van der Waals surface area contributed by atoms with Crippen molar-refractivity contribution in [2.45, 2.75) is 6.42 Å². The SMILES string of the molecule is Cl.O=C(O)C1CCN(C(=O)c2ccc(F)c(Br)c2)C1. The molecule has 1 amide bonds. The fourth-order valence-corrected chi connectivity index (χ4v) is 2.34. The summed E-state index contributed by atoms with van der Waals surface area (Å²) in [6.07, 6.45) is 0.462. The lowest BCUT2D eigenvalue weighted by Gasteiger charge is -2.16. The molecule has 1 heterocycles. The second-order valence-electron chi connectivity index (χ2n) is 4.20. The zero-order valence-corrected chi connectivity index (χ0v) is 12.2. The quantitative estimate of drug-likeness (QED) is 0.890. The van der Waals surface area contributed by atoms with E-state index in [0.717, 1.165) is 0 Å². The van der Waals surface area contributed by atoms with Gasteiger partial charge in [-0.2, -0.15) is 0 Å². The number of nitrogens with zero attached hydrogens (tertiary/aromatic N) is 1. The number of hydrogen-bond donors (Lipinski definition) is 1. The number of aliphatic carboxylic acids is 1. The topological polar surface area (TPSA) is 57.6 Å². The molecule has 0 aliphatic carbocycles. The van der Waals surface area contributed by atoms with Gasteiger partial charge in [0.1, 0.15) is 5.82 Å². The molecule has 1 atom stereocenters. The standard InChI is InChI=1S/C12H11BrFNO3.ClH/c13-9-5-7(1-2-10(9)14)11(16)15-4-3-8(6-15)12(17)18;/h1-2,5,8H,3-4,6H2,(H,17,18);1H. The van der Waals surface area contributed by atoms with Crippen LogP contribution < -0.4 is 0 Å². The molecule has 1 aromatic carbocycles. The molecule has 1 N–H and O–H groups in total. The molecule has 1 fully saturated rings. The Kier molecular flexibility index (Phi) is 5.31. The number of hydrogen-bond acceptors (Lipinski definition) is 2. The summed E-state index contributed by atoms with van der Waals surface area (Å²) >= 11 is 3.02. The number of carboxylic acids is 1. The minimum Gasteiger partial charge on any atom is -0.481 e. The highest BCUT2D eigenvalue weighted by Crippen LogP contribution is 2.22. The largest absolute Gasteiger partial charge is 0.481 e. The third-order valence-electron chi connectivity index (χ3n) is 2.99. The van der Waals surface area contributed by atoms with Crippen LogP contribution in [0.1, 0.15) is 16.8 Å². The molecule has 0 saturated carbocycles. The Balaban J connectivity index is 0.00000180. The zero-order valence-electron chi connectivity index (χ0n) is 9.81. The van der Waals surface area contributed by atoms with Crippen LogP contribution in [0.5, 0.6) is 0 Å². The number of carboxylic acid groups (broad SMARTS) is 1. The number of amides is 1. The van der Waals surface area contributed by atoms with Gasteiger partial charge in [0.2, 0.25) is 0 Å². The van der Waals surface area contributed by atoms with E-state index in [1.54, 1.807) is 0 Å². The minimum absolute atomic E-state index is 0. The predicted molar refractivity (Wildman–Crippen MR) is 73.0 cm³/mol. The van der Waals surface area contributed by atoms with Gasteiger partial charge in [-0.25, -0.2) is 4.39 Å². The van der Waals surface area contributed by atoms with E-state index in [0.29, 0.717) is 18.5 Å². The van der Waals surface area contributed by atoms with Crippen molar-refractivity contribution in [2.75, 3.05) is 13.1 Å². The Bertz CT molecular complexity index is 512. The van der Waals surface area contributed by atoms with Gasteiger partial charge < -0.3 is 10.0 Å². The maximum atomic E-state index is 13.1. The van der Waals surface area contributed by atoms with E-state index >= 15 is 0 Å². The molecule has 1 aliphatic heterocycles. The minimum atomic E-state index is -0.884. The summed E-state index contributed by atoms with van der Waals surface area (Å²) in [6.45, 7) is 0.633. The number of likely N-dealkylation sites (tertiary alicyclic amines) is 1. The first-order valence-electron chi connectivity index (χ1n) is 5.46. The van der Waals surface area contributed by atoms with Gasteiger partial charge in [-0.15, -0.1) is 12.4 Å². The van der Waals surface area contributed by atoms with Crippen molar-refractivity contribution in [3.63, 3.8) is 0 Å². The van der Waals surface area contributed by atoms with Crippen molar-refractivity contribution in [3.05, 3.63) is 34.1 Å². The second kappa shape index (κ2) is 6.34. The van der Waals surface area contributed by atoms with Crippen molar-refractivity contribution in [1.82, 2.24) is 4.90 Å². The van der Waals surface area contributed by atoms with Crippen LogP contribution in [0.15, 0.2) is 22.7 Å². The lowest BCUT2D eigenvalue weighted by Crippen LogP contribution is -2.29. The first-order chi connectivity index (χ1) is 8.49. The van der Waals surface area contributed by atoms with Gasteiger partial charge in [0, 0.05) is 18.7 Å². The second-order valence-corrected chi connectivity index (χ2v) is 5.06. The molecule has 0 bridgehead atoms. The van der Waals surface area contributed by atoms with Crippen LogP contribution >= 0.6 is 28.3 Å². The van der Waals surface area contributed by atoms with Gasteiger partial charge in [0.25, 0.3) is 5.91 Å². The lowest BCUT2D eigenvalue weighted by molar-refractivity contribution is -0.141. The van der Waals surface area contributed by atoms with Gasteiger partial charge in [-0.05, 0) is 40.5 Å². The summed E-state index contributed by atoms with van der Waals surface area (Å²) in [5.74, 6) is -2.08. The molecule has 19 heavy (non-hydrogen) atoms. The Morgan fingerprint density at radius 2 is 2.11 bits per heavy atom. The number of rotatable bonds is 2. The highest BCUT2D eigenvalue weighted by molar-refractivity contribution is 9.10. The molecule has 104 valence electrons. The molecule has 0 spiro atoms. The molecule has 1 unspecified atom stereocenters. The third-order valence-corrected chi connectivity index (χ3v) is 3.60. The van der Waals surface area contributed by atoms with E-state index in [1.807, 2.05) is 0 Å². The average Bonchev–Trinajstić information content (AvgIpc) is 2.81. The maximum Gasteiger partial charge on any atom is 0.308 e. The third kappa shape index (κ3) is 3.45. The van der Waals surface area contributed by atoms with Gasteiger partial charge in [-0.1, -0.05) is 0 Å². The monoisotopic (exact) mass is 351 g/mol. The molecule has 0 radical (unpaired) electrons. The number of benzene rings is 1. The molecule has 1 saturated heterocycles. The van der Waals surface area contributed by atoms with E-state index in [9.17, 15) is 14.0 Å².